The highest BCUT2D eigenvalue weighted by atomic mass is 15.0. The van der Waals surface area contributed by atoms with E-state index in [-0.39, 0.29) is 0 Å². The van der Waals surface area contributed by atoms with Crippen molar-refractivity contribution in [2.45, 2.75) is 0 Å². The fourth-order valence-electron chi connectivity index (χ4n) is 6.44. The van der Waals surface area contributed by atoms with Gasteiger partial charge in [0.05, 0.1) is 56.6 Å². The van der Waals surface area contributed by atoms with Crippen LogP contribution in [-0.2, 0) is 0 Å². The monoisotopic (exact) mass is 559 g/mol. The van der Waals surface area contributed by atoms with E-state index in [0.717, 1.165) is 60.4 Å². The molecule has 0 atom stereocenters. The molecule has 5 heteroatoms. The number of nitriles is 3. The molecule has 0 bridgehead atoms. The van der Waals surface area contributed by atoms with Gasteiger partial charge >= 0.3 is 0 Å². The van der Waals surface area contributed by atoms with Crippen LogP contribution in [0.5, 0.6) is 0 Å². The molecule has 202 valence electrons. The molecular formula is C39H21N5. The standard InChI is InChI=1S/C39H21N5/c40-22-25-6-5-7-30(18-25)43-35-10-3-1-8-31(35)33-16-14-28(21-39(33)43)27-15-17-37-34(20-27)32-9-2-4-11-36(32)44(37)38-19-26(23-41)12-13-29(38)24-42/h1-21H. The van der Waals surface area contributed by atoms with E-state index in [1.165, 1.54) is 0 Å². The maximum absolute atomic E-state index is 9.93. The molecule has 0 saturated heterocycles. The summed E-state index contributed by atoms with van der Waals surface area (Å²) >= 11 is 0. The first kappa shape index (κ1) is 25.1. The fourth-order valence-corrected chi connectivity index (χ4v) is 6.44. The van der Waals surface area contributed by atoms with Crippen LogP contribution in [-0.4, -0.2) is 9.13 Å². The molecular weight excluding hydrogens is 538 g/mol. The molecule has 2 aromatic heterocycles. The van der Waals surface area contributed by atoms with Crippen LogP contribution in [0.25, 0.3) is 66.1 Å². The van der Waals surface area contributed by atoms with E-state index in [2.05, 4.69) is 94.1 Å². The van der Waals surface area contributed by atoms with Gasteiger partial charge in [-0.05, 0) is 77.9 Å². The van der Waals surface area contributed by atoms with Gasteiger partial charge in [-0.1, -0.05) is 60.7 Å². The summed E-state index contributed by atoms with van der Waals surface area (Å²) in [7, 11) is 0. The number of hydrogen-bond acceptors (Lipinski definition) is 3. The maximum atomic E-state index is 9.93. The molecule has 0 aliphatic heterocycles. The number of hydrogen-bond donors (Lipinski definition) is 0. The van der Waals surface area contributed by atoms with Crippen molar-refractivity contribution in [3.63, 3.8) is 0 Å². The molecule has 2 heterocycles. The van der Waals surface area contributed by atoms with Crippen molar-refractivity contribution < 1.29 is 0 Å². The van der Waals surface area contributed by atoms with Gasteiger partial charge in [-0.15, -0.1) is 0 Å². The van der Waals surface area contributed by atoms with E-state index < -0.39 is 0 Å². The number of nitrogens with zero attached hydrogens (tertiary/aromatic N) is 5. The van der Waals surface area contributed by atoms with Gasteiger partial charge in [0, 0.05) is 27.2 Å². The second kappa shape index (κ2) is 9.74. The zero-order valence-corrected chi connectivity index (χ0v) is 23.4. The molecule has 0 aliphatic rings. The van der Waals surface area contributed by atoms with Crippen LogP contribution < -0.4 is 0 Å². The molecule has 8 rings (SSSR count). The number of fused-ring (bicyclic) bond motifs is 6. The molecule has 0 spiro atoms. The summed E-state index contributed by atoms with van der Waals surface area (Å²) in [5.74, 6) is 0. The van der Waals surface area contributed by atoms with Crippen LogP contribution in [0.15, 0.2) is 127 Å². The lowest BCUT2D eigenvalue weighted by atomic mass is 10.0. The Kier molecular flexibility index (Phi) is 5.56. The van der Waals surface area contributed by atoms with Crippen LogP contribution >= 0.6 is 0 Å². The lowest BCUT2D eigenvalue weighted by Crippen LogP contribution is -1.98. The highest BCUT2D eigenvalue weighted by Gasteiger charge is 2.17. The second-order valence-electron chi connectivity index (χ2n) is 10.8. The first-order valence-electron chi connectivity index (χ1n) is 14.2. The third-order valence-corrected chi connectivity index (χ3v) is 8.40. The Bertz CT molecular complexity index is 2600. The number of para-hydroxylation sites is 2. The van der Waals surface area contributed by atoms with Gasteiger partial charge < -0.3 is 9.13 Å². The summed E-state index contributed by atoms with van der Waals surface area (Å²) < 4.78 is 4.31. The van der Waals surface area contributed by atoms with E-state index in [0.29, 0.717) is 22.4 Å². The Morgan fingerprint density at radius 3 is 1.82 bits per heavy atom. The molecule has 0 fully saturated rings. The summed E-state index contributed by atoms with van der Waals surface area (Å²) in [6.45, 7) is 0. The minimum absolute atomic E-state index is 0.505. The van der Waals surface area contributed by atoms with E-state index in [1.807, 2.05) is 42.5 Å². The molecule has 0 N–H and O–H groups in total. The summed E-state index contributed by atoms with van der Waals surface area (Å²) in [6, 6.07) is 49.2. The summed E-state index contributed by atoms with van der Waals surface area (Å²) in [5, 5.41) is 33.5. The van der Waals surface area contributed by atoms with Gasteiger partial charge in [0.25, 0.3) is 0 Å². The SMILES string of the molecule is N#Cc1cccc(-n2c3ccccc3c3ccc(-c4ccc5c(c4)c4ccccc4n5-c4cc(C#N)ccc4C#N)cc32)c1. The van der Waals surface area contributed by atoms with Crippen molar-refractivity contribution in [3.8, 4) is 40.7 Å². The largest absolute Gasteiger partial charge is 0.309 e. The van der Waals surface area contributed by atoms with Crippen molar-refractivity contribution in [1.82, 2.24) is 9.13 Å². The molecule has 5 nitrogen and oxygen atoms in total. The summed E-state index contributed by atoms with van der Waals surface area (Å²) in [6.07, 6.45) is 0. The minimum Gasteiger partial charge on any atom is -0.309 e. The Morgan fingerprint density at radius 2 is 1.05 bits per heavy atom. The Balaban J connectivity index is 1.38. The molecule has 0 aliphatic carbocycles. The summed E-state index contributed by atoms with van der Waals surface area (Å²) in [5.41, 5.74) is 9.48. The molecule has 44 heavy (non-hydrogen) atoms. The third-order valence-electron chi connectivity index (χ3n) is 8.40. The Labute approximate surface area is 252 Å². The minimum atomic E-state index is 0.505. The van der Waals surface area contributed by atoms with E-state index in [9.17, 15) is 15.8 Å². The Morgan fingerprint density at radius 1 is 0.409 bits per heavy atom. The molecule has 0 amide bonds. The first-order valence-corrected chi connectivity index (χ1v) is 14.2. The predicted molar refractivity (Wildman–Crippen MR) is 175 cm³/mol. The smallest absolute Gasteiger partial charge is 0.101 e. The van der Waals surface area contributed by atoms with Crippen molar-refractivity contribution in [2.75, 3.05) is 0 Å². The molecule has 8 aromatic rings. The zero-order valence-electron chi connectivity index (χ0n) is 23.4. The highest BCUT2D eigenvalue weighted by molar-refractivity contribution is 6.12. The van der Waals surface area contributed by atoms with Crippen molar-refractivity contribution >= 4 is 43.6 Å². The van der Waals surface area contributed by atoms with Crippen LogP contribution in [0.4, 0.5) is 0 Å². The maximum Gasteiger partial charge on any atom is 0.101 e. The molecule has 0 radical (unpaired) electrons. The topological polar surface area (TPSA) is 81.2 Å². The lowest BCUT2D eigenvalue weighted by Gasteiger charge is -2.11. The highest BCUT2D eigenvalue weighted by Crippen LogP contribution is 2.38. The van der Waals surface area contributed by atoms with Gasteiger partial charge in [0.15, 0.2) is 0 Å². The van der Waals surface area contributed by atoms with E-state index in [1.54, 1.807) is 18.2 Å². The van der Waals surface area contributed by atoms with Crippen LogP contribution in [0.3, 0.4) is 0 Å². The summed E-state index contributed by atoms with van der Waals surface area (Å²) in [4.78, 5) is 0. The average molecular weight is 560 g/mol. The van der Waals surface area contributed by atoms with E-state index >= 15 is 0 Å². The van der Waals surface area contributed by atoms with Gasteiger partial charge in [-0.25, -0.2) is 0 Å². The normalized spacial score (nSPS) is 11.1. The zero-order chi connectivity index (χ0) is 29.8. The van der Waals surface area contributed by atoms with Crippen LogP contribution in [0, 0.1) is 34.0 Å². The van der Waals surface area contributed by atoms with Crippen molar-refractivity contribution in [2.24, 2.45) is 0 Å². The van der Waals surface area contributed by atoms with E-state index in [4.69, 9.17) is 0 Å². The van der Waals surface area contributed by atoms with Crippen molar-refractivity contribution in [1.29, 1.82) is 15.8 Å². The average Bonchev–Trinajstić information content (AvgIpc) is 3.60. The van der Waals surface area contributed by atoms with Crippen LogP contribution in [0.1, 0.15) is 16.7 Å². The third kappa shape index (κ3) is 3.70. The number of rotatable bonds is 3. The fraction of sp³-hybridized carbons (Fsp3) is 0. The van der Waals surface area contributed by atoms with Gasteiger partial charge in [-0.3, -0.25) is 0 Å². The molecule has 6 aromatic carbocycles. The van der Waals surface area contributed by atoms with Gasteiger partial charge in [0.2, 0.25) is 0 Å². The first-order chi connectivity index (χ1) is 21.7. The molecule has 0 saturated carbocycles. The van der Waals surface area contributed by atoms with Crippen molar-refractivity contribution in [3.05, 3.63) is 144 Å². The molecule has 0 unspecified atom stereocenters. The predicted octanol–water partition coefficient (Wildman–Crippen LogP) is 9.16. The number of aromatic nitrogens is 2. The number of benzene rings is 6. The van der Waals surface area contributed by atoms with Gasteiger partial charge in [-0.2, -0.15) is 15.8 Å². The van der Waals surface area contributed by atoms with Gasteiger partial charge in [0.1, 0.15) is 6.07 Å². The second-order valence-corrected chi connectivity index (χ2v) is 10.8. The quantitative estimate of drug-likeness (QED) is 0.216. The van der Waals surface area contributed by atoms with Crippen LogP contribution in [0.2, 0.25) is 0 Å². The lowest BCUT2D eigenvalue weighted by molar-refractivity contribution is 1.16. The Hall–Kier alpha value is -6.61.